The number of carbonyl (C=O) groups is 1. The third-order valence-corrected chi connectivity index (χ3v) is 3.42. The maximum atomic E-state index is 12.0. The summed E-state index contributed by atoms with van der Waals surface area (Å²) in [5.74, 6) is 0.187. The number of anilines is 1. The van der Waals surface area contributed by atoms with Crippen LogP contribution in [0.25, 0.3) is 0 Å². The van der Waals surface area contributed by atoms with Gasteiger partial charge in [0, 0.05) is 5.92 Å². The standard InChI is InChI=1S/C13H17ClN2O.ClH/c1-9-2-3-11(14)12(8-9)16-13(17)10-4-6-15-7-5-10;/h2-3,8,10,15H,4-7H2,1H3,(H,16,17);1H. The van der Waals surface area contributed by atoms with Crippen LogP contribution in [0, 0.1) is 12.8 Å². The quantitative estimate of drug-likeness (QED) is 0.878. The topological polar surface area (TPSA) is 41.1 Å². The summed E-state index contributed by atoms with van der Waals surface area (Å²) >= 11 is 6.05. The fourth-order valence-electron chi connectivity index (χ4n) is 2.05. The number of halogens is 2. The zero-order valence-electron chi connectivity index (χ0n) is 10.3. The third-order valence-electron chi connectivity index (χ3n) is 3.09. The lowest BCUT2D eigenvalue weighted by Gasteiger charge is -2.22. The van der Waals surface area contributed by atoms with E-state index < -0.39 is 0 Å². The zero-order valence-corrected chi connectivity index (χ0v) is 11.9. The molecule has 1 heterocycles. The Bertz CT molecular complexity index is 417. The number of benzene rings is 1. The summed E-state index contributed by atoms with van der Waals surface area (Å²) in [5.41, 5.74) is 1.81. The van der Waals surface area contributed by atoms with Crippen molar-refractivity contribution in [3.63, 3.8) is 0 Å². The van der Waals surface area contributed by atoms with Crippen molar-refractivity contribution in [2.75, 3.05) is 18.4 Å². The van der Waals surface area contributed by atoms with Crippen molar-refractivity contribution >= 4 is 35.6 Å². The van der Waals surface area contributed by atoms with Gasteiger partial charge in [-0.2, -0.15) is 0 Å². The van der Waals surface area contributed by atoms with E-state index in [4.69, 9.17) is 11.6 Å². The monoisotopic (exact) mass is 288 g/mol. The number of hydrogen-bond donors (Lipinski definition) is 2. The SMILES string of the molecule is Cc1ccc(Cl)c(NC(=O)C2CCNCC2)c1.Cl. The highest BCUT2D eigenvalue weighted by molar-refractivity contribution is 6.33. The minimum atomic E-state index is 0. The lowest BCUT2D eigenvalue weighted by Crippen LogP contribution is -2.34. The van der Waals surface area contributed by atoms with Crippen LogP contribution < -0.4 is 10.6 Å². The fraction of sp³-hybridized carbons (Fsp3) is 0.462. The number of carbonyl (C=O) groups excluding carboxylic acids is 1. The van der Waals surface area contributed by atoms with E-state index in [2.05, 4.69) is 10.6 Å². The number of nitrogens with one attached hydrogen (secondary N) is 2. The van der Waals surface area contributed by atoms with Crippen molar-refractivity contribution in [1.82, 2.24) is 5.32 Å². The van der Waals surface area contributed by atoms with Crippen molar-refractivity contribution in [3.8, 4) is 0 Å². The predicted octanol–water partition coefficient (Wildman–Crippen LogP) is 3.01. The van der Waals surface area contributed by atoms with Gasteiger partial charge in [-0.15, -0.1) is 12.4 Å². The molecule has 3 nitrogen and oxygen atoms in total. The normalized spacial score (nSPS) is 15.9. The Morgan fingerprint density at radius 3 is 2.72 bits per heavy atom. The largest absolute Gasteiger partial charge is 0.325 e. The lowest BCUT2D eigenvalue weighted by atomic mass is 9.97. The van der Waals surface area contributed by atoms with Gasteiger partial charge in [0.15, 0.2) is 0 Å². The molecule has 100 valence electrons. The van der Waals surface area contributed by atoms with Gasteiger partial charge >= 0.3 is 0 Å². The summed E-state index contributed by atoms with van der Waals surface area (Å²) in [4.78, 5) is 12.0. The molecule has 0 aliphatic carbocycles. The van der Waals surface area contributed by atoms with Gasteiger partial charge in [-0.25, -0.2) is 0 Å². The van der Waals surface area contributed by atoms with Crippen LogP contribution in [-0.4, -0.2) is 19.0 Å². The highest BCUT2D eigenvalue weighted by Gasteiger charge is 2.21. The number of amides is 1. The molecule has 0 saturated carbocycles. The van der Waals surface area contributed by atoms with E-state index in [0.717, 1.165) is 37.2 Å². The van der Waals surface area contributed by atoms with Crippen molar-refractivity contribution < 1.29 is 4.79 Å². The van der Waals surface area contributed by atoms with E-state index in [1.165, 1.54) is 0 Å². The Balaban J connectivity index is 0.00000162. The van der Waals surface area contributed by atoms with Crippen LogP contribution in [-0.2, 0) is 4.79 Å². The molecular formula is C13H18Cl2N2O. The Labute approximate surface area is 119 Å². The summed E-state index contributed by atoms with van der Waals surface area (Å²) < 4.78 is 0. The summed E-state index contributed by atoms with van der Waals surface area (Å²) in [7, 11) is 0. The average molecular weight is 289 g/mol. The maximum absolute atomic E-state index is 12.0. The first-order chi connectivity index (χ1) is 8.16. The van der Waals surface area contributed by atoms with Gasteiger partial charge in [0.25, 0.3) is 0 Å². The van der Waals surface area contributed by atoms with Crippen molar-refractivity contribution in [2.45, 2.75) is 19.8 Å². The molecule has 1 amide bonds. The molecule has 0 aromatic heterocycles. The molecule has 1 fully saturated rings. The first-order valence-corrected chi connectivity index (χ1v) is 6.32. The molecule has 2 N–H and O–H groups in total. The van der Waals surface area contributed by atoms with E-state index in [1.807, 2.05) is 25.1 Å². The van der Waals surface area contributed by atoms with E-state index in [1.54, 1.807) is 0 Å². The molecule has 0 radical (unpaired) electrons. The second-order valence-corrected chi connectivity index (χ2v) is 4.90. The first kappa shape index (κ1) is 15.3. The molecule has 0 bridgehead atoms. The van der Waals surface area contributed by atoms with Gasteiger partial charge in [0.2, 0.25) is 5.91 Å². The molecule has 1 aliphatic rings. The zero-order chi connectivity index (χ0) is 12.3. The highest BCUT2D eigenvalue weighted by atomic mass is 35.5. The van der Waals surface area contributed by atoms with Crippen molar-refractivity contribution in [2.24, 2.45) is 5.92 Å². The average Bonchev–Trinajstić information content (AvgIpc) is 2.35. The third kappa shape index (κ3) is 3.87. The molecular weight excluding hydrogens is 271 g/mol. The Hall–Kier alpha value is -0.770. The molecule has 1 aliphatic heterocycles. The van der Waals surface area contributed by atoms with Crippen LogP contribution in [0.5, 0.6) is 0 Å². The smallest absolute Gasteiger partial charge is 0.227 e. The van der Waals surface area contributed by atoms with E-state index in [-0.39, 0.29) is 24.2 Å². The van der Waals surface area contributed by atoms with Gasteiger partial charge < -0.3 is 10.6 Å². The van der Waals surface area contributed by atoms with Crippen LogP contribution in [0.15, 0.2) is 18.2 Å². The molecule has 1 aromatic rings. The molecule has 0 spiro atoms. The minimum absolute atomic E-state index is 0. The van der Waals surface area contributed by atoms with Crippen LogP contribution >= 0.6 is 24.0 Å². The fourth-order valence-corrected chi connectivity index (χ4v) is 2.22. The number of aryl methyl sites for hydroxylation is 1. The number of rotatable bonds is 2. The van der Waals surface area contributed by atoms with Crippen molar-refractivity contribution in [3.05, 3.63) is 28.8 Å². The summed E-state index contributed by atoms with van der Waals surface area (Å²) in [6.45, 7) is 3.82. The van der Waals surface area contributed by atoms with Gasteiger partial charge in [0.1, 0.15) is 0 Å². The lowest BCUT2D eigenvalue weighted by molar-refractivity contribution is -0.120. The molecule has 5 heteroatoms. The Morgan fingerprint density at radius 2 is 2.06 bits per heavy atom. The van der Waals surface area contributed by atoms with Crippen LogP contribution in [0.3, 0.4) is 0 Å². The van der Waals surface area contributed by atoms with Gasteiger partial charge in [-0.05, 0) is 50.6 Å². The number of hydrogen-bond acceptors (Lipinski definition) is 2. The molecule has 18 heavy (non-hydrogen) atoms. The molecule has 2 rings (SSSR count). The second kappa shape index (κ2) is 6.98. The molecule has 1 aromatic carbocycles. The molecule has 1 saturated heterocycles. The van der Waals surface area contributed by atoms with E-state index >= 15 is 0 Å². The Kier molecular flexibility index (Phi) is 5.93. The predicted molar refractivity (Wildman–Crippen MR) is 77.7 cm³/mol. The van der Waals surface area contributed by atoms with Gasteiger partial charge in [-0.3, -0.25) is 4.79 Å². The Morgan fingerprint density at radius 1 is 1.39 bits per heavy atom. The second-order valence-electron chi connectivity index (χ2n) is 4.50. The highest BCUT2D eigenvalue weighted by Crippen LogP contribution is 2.24. The van der Waals surface area contributed by atoms with Gasteiger partial charge in [0.05, 0.1) is 10.7 Å². The van der Waals surface area contributed by atoms with Crippen LogP contribution in [0.2, 0.25) is 5.02 Å². The van der Waals surface area contributed by atoms with Crippen molar-refractivity contribution in [1.29, 1.82) is 0 Å². The minimum Gasteiger partial charge on any atom is -0.325 e. The van der Waals surface area contributed by atoms with E-state index in [9.17, 15) is 4.79 Å². The molecule has 0 unspecified atom stereocenters. The van der Waals surface area contributed by atoms with E-state index in [0.29, 0.717) is 5.02 Å². The molecule has 0 atom stereocenters. The summed E-state index contributed by atoms with van der Waals surface area (Å²) in [6.07, 6.45) is 1.80. The first-order valence-electron chi connectivity index (χ1n) is 5.94. The number of piperidine rings is 1. The maximum Gasteiger partial charge on any atom is 0.227 e. The van der Waals surface area contributed by atoms with Crippen LogP contribution in [0.4, 0.5) is 5.69 Å². The van der Waals surface area contributed by atoms with Crippen LogP contribution in [0.1, 0.15) is 18.4 Å². The van der Waals surface area contributed by atoms with Gasteiger partial charge in [-0.1, -0.05) is 17.7 Å². The summed E-state index contributed by atoms with van der Waals surface area (Å²) in [6, 6.07) is 5.65. The summed E-state index contributed by atoms with van der Waals surface area (Å²) in [5, 5.41) is 6.77.